The lowest BCUT2D eigenvalue weighted by Crippen LogP contribution is -1.98. The Bertz CT molecular complexity index is 1170. The van der Waals surface area contributed by atoms with E-state index in [0.717, 1.165) is 5.56 Å². The Labute approximate surface area is 195 Å². The minimum atomic E-state index is -0.442. The van der Waals surface area contributed by atoms with Crippen molar-refractivity contribution in [3.63, 3.8) is 0 Å². The van der Waals surface area contributed by atoms with Crippen molar-refractivity contribution in [2.75, 3.05) is 0 Å². The molecule has 0 aromatic heterocycles. The number of non-ortho nitro benzene ring substituents is 1. The average molecular weight is 549 g/mol. The normalized spacial score (nSPS) is 11.1. The Balaban J connectivity index is 1.85. The molecule has 0 heterocycles. The van der Waals surface area contributed by atoms with E-state index in [0.29, 0.717) is 36.4 Å². The first-order valence-electron chi connectivity index (χ1n) is 8.61. The number of nitro benzene ring substituents is 1. The van der Waals surface area contributed by atoms with Gasteiger partial charge in [-0.1, -0.05) is 41.9 Å². The molecule has 3 aromatic rings. The molecule has 0 saturated heterocycles. The summed E-state index contributed by atoms with van der Waals surface area (Å²) < 4.78 is 7.20. The predicted molar refractivity (Wildman–Crippen MR) is 124 cm³/mol. The van der Waals surface area contributed by atoms with Gasteiger partial charge >= 0.3 is 0 Å². The van der Waals surface area contributed by atoms with Gasteiger partial charge < -0.3 is 4.74 Å². The molecule has 0 unspecified atom stereocenters. The van der Waals surface area contributed by atoms with Gasteiger partial charge in [0.2, 0.25) is 0 Å². The maximum absolute atomic E-state index is 10.9. The maximum Gasteiger partial charge on any atom is 0.269 e. The molecule has 30 heavy (non-hydrogen) atoms. The Morgan fingerprint density at radius 1 is 1.13 bits per heavy atom. The zero-order chi connectivity index (χ0) is 21.7. The van der Waals surface area contributed by atoms with Crippen LogP contribution in [0.15, 0.2) is 69.6 Å². The van der Waals surface area contributed by atoms with Gasteiger partial charge in [0.1, 0.15) is 12.4 Å². The number of halogens is 3. The van der Waals surface area contributed by atoms with E-state index in [1.54, 1.807) is 30.3 Å². The molecule has 0 aliphatic rings. The smallest absolute Gasteiger partial charge is 0.269 e. The van der Waals surface area contributed by atoms with Gasteiger partial charge in [0.05, 0.1) is 25.5 Å². The number of nitro groups is 1. The van der Waals surface area contributed by atoms with Gasteiger partial charge in [-0.25, -0.2) is 0 Å². The molecule has 0 fully saturated rings. The number of nitrogens with zero attached hydrogens (tertiary/aromatic N) is 2. The molecule has 0 bridgehead atoms. The molecule has 0 spiro atoms. The second kappa shape index (κ2) is 9.90. The third-order valence-electron chi connectivity index (χ3n) is 4.12. The first-order chi connectivity index (χ1) is 14.4. The zero-order valence-corrected chi connectivity index (χ0v) is 19.2. The second-order valence-electron chi connectivity index (χ2n) is 6.18. The minimum Gasteiger partial charge on any atom is -0.487 e. The van der Waals surface area contributed by atoms with Crippen LogP contribution in [0.4, 0.5) is 5.69 Å². The van der Waals surface area contributed by atoms with Crippen molar-refractivity contribution >= 4 is 60.8 Å². The number of hydrogen-bond donors (Lipinski definition) is 0. The van der Waals surface area contributed by atoms with E-state index in [1.165, 1.54) is 12.1 Å². The van der Waals surface area contributed by atoms with Crippen molar-refractivity contribution in [3.8, 4) is 11.8 Å². The van der Waals surface area contributed by atoms with E-state index >= 15 is 0 Å². The van der Waals surface area contributed by atoms with Crippen LogP contribution in [0, 0.1) is 21.4 Å². The molecular weight excluding hydrogens is 536 g/mol. The Morgan fingerprint density at radius 2 is 1.83 bits per heavy atom. The molecular formula is C22H13Br2ClN2O3. The fourth-order valence-electron chi connectivity index (χ4n) is 2.73. The monoisotopic (exact) mass is 546 g/mol. The minimum absolute atomic E-state index is 0.0123. The van der Waals surface area contributed by atoms with E-state index in [2.05, 4.69) is 37.9 Å². The molecule has 0 aliphatic heterocycles. The lowest BCUT2D eigenvalue weighted by molar-refractivity contribution is -0.384. The van der Waals surface area contributed by atoms with Crippen molar-refractivity contribution in [1.29, 1.82) is 5.26 Å². The van der Waals surface area contributed by atoms with E-state index < -0.39 is 4.92 Å². The largest absolute Gasteiger partial charge is 0.487 e. The number of benzene rings is 3. The van der Waals surface area contributed by atoms with Crippen LogP contribution in [-0.4, -0.2) is 4.92 Å². The van der Waals surface area contributed by atoms with Gasteiger partial charge in [0, 0.05) is 22.7 Å². The van der Waals surface area contributed by atoms with Crippen molar-refractivity contribution in [1.82, 2.24) is 0 Å². The summed E-state index contributed by atoms with van der Waals surface area (Å²) in [5.74, 6) is 0.551. The van der Waals surface area contributed by atoms with Crippen LogP contribution in [0.2, 0.25) is 5.02 Å². The van der Waals surface area contributed by atoms with Gasteiger partial charge in [-0.15, -0.1) is 0 Å². The SMILES string of the molecule is N#CC(=Cc1cc(Br)c(OCc2cccc([N+](=O)[O-])c2)c(Br)c1)c1ccccc1Cl. The quantitative estimate of drug-likeness (QED) is 0.139. The van der Waals surface area contributed by atoms with Crippen molar-refractivity contribution in [2.24, 2.45) is 0 Å². The molecule has 0 aliphatic carbocycles. The first kappa shape index (κ1) is 22.0. The van der Waals surface area contributed by atoms with Gasteiger partial charge in [0.15, 0.2) is 0 Å². The van der Waals surface area contributed by atoms with Crippen molar-refractivity contribution in [3.05, 3.63) is 101 Å². The fraction of sp³-hybridized carbons (Fsp3) is 0.0455. The predicted octanol–water partition coefficient (Wildman–Crippen LogP) is 7.42. The third-order valence-corrected chi connectivity index (χ3v) is 5.63. The molecule has 8 heteroatoms. The highest BCUT2D eigenvalue weighted by molar-refractivity contribution is 9.11. The highest BCUT2D eigenvalue weighted by Crippen LogP contribution is 2.37. The molecule has 5 nitrogen and oxygen atoms in total. The topological polar surface area (TPSA) is 76.2 Å². The molecule has 0 amide bonds. The molecule has 3 rings (SSSR count). The van der Waals surface area contributed by atoms with Crippen LogP contribution < -0.4 is 4.74 Å². The van der Waals surface area contributed by atoms with Crippen LogP contribution >= 0.6 is 43.5 Å². The lowest BCUT2D eigenvalue weighted by Gasteiger charge is -2.12. The fourth-order valence-corrected chi connectivity index (χ4v) is 4.42. The Kier molecular flexibility index (Phi) is 7.27. The maximum atomic E-state index is 10.9. The first-order valence-corrected chi connectivity index (χ1v) is 10.6. The summed E-state index contributed by atoms with van der Waals surface area (Å²) in [6.07, 6.45) is 1.74. The number of hydrogen-bond acceptors (Lipinski definition) is 4. The summed E-state index contributed by atoms with van der Waals surface area (Å²) in [6, 6.07) is 19.3. The average Bonchev–Trinajstić information content (AvgIpc) is 2.72. The third kappa shape index (κ3) is 5.28. The summed E-state index contributed by atoms with van der Waals surface area (Å²) in [7, 11) is 0. The molecule has 0 N–H and O–H groups in total. The number of ether oxygens (including phenoxy) is 1. The van der Waals surface area contributed by atoms with Crippen LogP contribution in [0.3, 0.4) is 0 Å². The molecule has 0 saturated carbocycles. The van der Waals surface area contributed by atoms with Crippen molar-refractivity contribution < 1.29 is 9.66 Å². The van der Waals surface area contributed by atoms with Crippen LogP contribution in [0.25, 0.3) is 11.6 Å². The van der Waals surface area contributed by atoms with Crippen LogP contribution in [0.1, 0.15) is 16.7 Å². The Morgan fingerprint density at radius 3 is 2.47 bits per heavy atom. The number of nitriles is 1. The van der Waals surface area contributed by atoms with Crippen molar-refractivity contribution in [2.45, 2.75) is 6.61 Å². The zero-order valence-electron chi connectivity index (χ0n) is 15.3. The highest BCUT2D eigenvalue weighted by atomic mass is 79.9. The second-order valence-corrected chi connectivity index (χ2v) is 8.29. The van der Waals surface area contributed by atoms with Gasteiger partial charge in [-0.3, -0.25) is 10.1 Å². The highest BCUT2D eigenvalue weighted by Gasteiger charge is 2.12. The van der Waals surface area contributed by atoms with E-state index in [1.807, 2.05) is 24.3 Å². The van der Waals surface area contributed by atoms with Gasteiger partial charge in [-0.05, 0) is 67.3 Å². The van der Waals surface area contributed by atoms with Gasteiger partial charge in [0.25, 0.3) is 5.69 Å². The van der Waals surface area contributed by atoms with E-state index in [-0.39, 0.29) is 12.3 Å². The van der Waals surface area contributed by atoms with E-state index in [9.17, 15) is 15.4 Å². The summed E-state index contributed by atoms with van der Waals surface area (Å²) in [4.78, 5) is 10.5. The summed E-state index contributed by atoms with van der Waals surface area (Å²) in [6.45, 7) is 0.164. The molecule has 0 atom stereocenters. The molecule has 0 radical (unpaired) electrons. The van der Waals surface area contributed by atoms with E-state index in [4.69, 9.17) is 16.3 Å². The van der Waals surface area contributed by atoms with Gasteiger partial charge in [-0.2, -0.15) is 5.26 Å². The number of allylic oxidation sites excluding steroid dienone is 1. The standard InChI is InChI=1S/C22H13Br2ClN2O3/c23-19-10-15(8-16(12-26)18-6-1-2-7-21(18)25)11-20(24)22(19)30-13-14-4-3-5-17(9-14)27(28)29/h1-11H,13H2. The lowest BCUT2D eigenvalue weighted by atomic mass is 10.0. The van der Waals surface area contributed by atoms with Crippen LogP contribution in [-0.2, 0) is 6.61 Å². The Hall–Kier alpha value is -2.66. The summed E-state index contributed by atoms with van der Waals surface area (Å²) >= 11 is 13.2. The number of rotatable bonds is 6. The summed E-state index contributed by atoms with van der Waals surface area (Å²) in [5.41, 5.74) is 2.55. The van der Waals surface area contributed by atoms with Crippen LogP contribution in [0.5, 0.6) is 5.75 Å². The molecule has 150 valence electrons. The molecule has 3 aromatic carbocycles. The summed E-state index contributed by atoms with van der Waals surface area (Å²) in [5, 5.41) is 21.0.